The number of nitrogens with zero attached hydrogens (tertiary/aromatic N) is 3. The van der Waals surface area contributed by atoms with Crippen molar-refractivity contribution in [2.75, 3.05) is 5.32 Å². The van der Waals surface area contributed by atoms with Crippen LogP contribution in [0.25, 0.3) is 5.65 Å². The number of aromatic nitrogens is 3. The molecule has 5 nitrogen and oxygen atoms in total. The maximum Gasteiger partial charge on any atom is 0.258 e. The zero-order valence-corrected chi connectivity index (χ0v) is 11.3. The average Bonchev–Trinajstić information content (AvgIpc) is 2.80. The molecule has 0 aliphatic carbocycles. The predicted molar refractivity (Wildman–Crippen MR) is 76.9 cm³/mol. The van der Waals surface area contributed by atoms with Gasteiger partial charge < -0.3 is 0 Å². The number of rotatable bonds is 2. The first-order valence-electron chi connectivity index (χ1n) is 6.33. The minimum absolute atomic E-state index is 0.198. The van der Waals surface area contributed by atoms with Crippen molar-refractivity contribution < 1.29 is 4.79 Å². The normalized spacial score (nSPS) is 10.7. The number of carbonyl (C=O) groups is 1. The van der Waals surface area contributed by atoms with Crippen LogP contribution in [-0.2, 0) is 0 Å². The van der Waals surface area contributed by atoms with E-state index < -0.39 is 0 Å². The predicted octanol–water partition coefficient (Wildman–Crippen LogP) is 2.60. The molecule has 0 aliphatic rings. The molecule has 2 aromatic heterocycles. The lowest BCUT2D eigenvalue weighted by atomic mass is 10.1. The van der Waals surface area contributed by atoms with Crippen molar-refractivity contribution in [3.8, 4) is 0 Å². The number of benzene rings is 1. The largest absolute Gasteiger partial charge is 0.289 e. The minimum Gasteiger partial charge on any atom is -0.289 e. The third kappa shape index (κ3) is 2.25. The van der Waals surface area contributed by atoms with Crippen LogP contribution >= 0.6 is 0 Å². The quantitative estimate of drug-likeness (QED) is 0.775. The molecule has 0 aliphatic heterocycles. The van der Waals surface area contributed by atoms with Crippen LogP contribution in [0.2, 0.25) is 0 Å². The molecule has 0 unspecified atom stereocenters. The number of pyridine rings is 1. The number of carbonyl (C=O) groups excluding carboxylic acids is 1. The molecule has 3 rings (SSSR count). The van der Waals surface area contributed by atoms with E-state index in [1.807, 2.05) is 50.4 Å². The molecule has 1 N–H and O–H groups in total. The second-order valence-electron chi connectivity index (χ2n) is 4.71. The van der Waals surface area contributed by atoms with Crippen molar-refractivity contribution in [1.82, 2.24) is 14.6 Å². The first-order valence-corrected chi connectivity index (χ1v) is 6.33. The Hall–Kier alpha value is -2.69. The molecule has 1 aromatic carbocycles. The third-order valence-electron chi connectivity index (χ3n) is 3.09. The highest BCUT2D eigenvalue weighted by molar-refractivity contribution is 6.04. The van der Waals surface area contributed by atoms with Crippen LogP contribution in [0.3, 0.4) is 0 Å². The zero-order chi connectivity index (χ0) is 14.1. The van der Waals surface area contributed by atoms with Crippen LogP contribution in [0.4, 0.5) is 5.95 Å². The topological polar surface area (TPSA) is 59.3 Å². The van der Waals surface area contributed by atoms with E-state index in [0.29, 0.717) is 17.2 Å². The maximum atomic E-state index is 12.2. The number of hydrogen-bond acceptors (Lipinski definition) is 3. The molecule has 0 spiro atoms. The standard InChI is InChI=1S/C15H14N4O/c1-10-7-8-13-16-15(18-19(13)9-10)17-14(20)12-6-4-3-5-11(12)2/h3-9H,1-2H3,(H,17,18,20). The molecule has 0 fully saturated rings. The Balaban J connectivity index is 1.89. The van der Waals surface area contributed by atoms with Gasteiger partial charge in [0.15, 0.2) is 5.65 Å². The van der Waals surface area contributed by atoms with Gasteiger partial charge >= 0.3 is 0 Å². The summed E-state index contributed by atoms with van der Waals surface area (Å²) in [7, 11) is 0. The summed E-state index contributed by atoms with van der Waals surface area (Å²) in [4.78, 5) is 16.4. The fourth-order valence-electron chi connectivity index (χ4n) is 2.04. The lowest BCUT2D eigenvalue weighted by molar-refractivity contribution is 0.102. The van der Waals surface area contributed by atoms with Crippen LogP contribution in [0.15, 0.2) is 42.6 Å². The molecular formula is C15H14N4O. The summed E-state index contributed by atoms with van der Waals surface area (Å²) in [6, 6.07) is 11.2. The Morgan fingerprint density at radius 3 is 2.75 bits per heavy atom. The number of amides is 1. The van der Waals surface area contributed by atoms with E-state index in [4.69, 9.17) is 0 Å². The van der Waals surface area contributed by atoms with E-state index in [0.717, 1.165) is 11.1 Å². The van der Waals surface area contributed by atoms with Gasteiger partial charge in [-0.1, -0.05) is 24.3 Å². The van der Waals surface area contributed by atoms with Gasteiger partial charge in [0.25, 0.3) is 5.91 Å². The number of hydrogen-bond donors (Lipinski definition) is 1. The highest BCUT2D eigenvalue weighted by atomic mass is 16.1. The number of anilines is 1. The van der Waals surface area contributed by atoms with Crippen LogP contribution in [0.5, 0.6) is 0 Å². The van der Waals surface area contributed by atoms with Crippen molar-refractivity contribution in [3.63, 3.8) is 0 Å². The van der Waals surface area contributed by atoms with E-state index >= 15 is 0 Å². The van der Waals surface area contributed by atoms with Crippen LogP contribution in [0, 0.1) is 13.8 Å². The molecular weight excluding hydrogens is 252 g/mol. The lowest BCUT2D eigenvalue weighted by Crippen LogP contribution is -2.14. The van der Waals surface area contributed by atoms with Crippen molar-refractivity contribution >= 4 is 17.5 Å². The first-order chi connectivity index (χ1) is 9.63. The summed E-state index contributed by atoms with van der Waals surface area (Å²) in [5.74, 6) is 0.111. The van der Waals surface area contributed by atoms with Crippen molar-refractivity contribution in [2.45, 2.75) is 13.8 Å². The maximum absolute atomic E-state index is 12.2. The van der Waals surface area contributed by atoms with E-state index in [-0.39, 0.29) is 5.91 Å². The summed E-state index contributed by atoms with van der Waals surface area (Å²) < 4.78 is 1.66. The summed E-state index contributed by atoms with van der Waals surface area (Å²) in [5.41, 5.74) is 3.34. The Morgan fingerprint density at radius 2 is 1.95 bits per heavy atom. The van der Waals surface area contributed by atoms with Gasteiger partial charge in [0.2, 0.25) is 5.95 Å². The fraction of sp³-hybridized carbons (Fsp3) is 0.133. The summed E-state index contributed by atoms with van der Waals surface area (Å²) in [5, 5.41) is 6.97. The SMILES string of the molecule is Cc1ccc2nc(NC(=O)c3ccccc3C)nn2c1. The molecule has 100 valence electrons. The first kappa shape index (κ1) is 12.3. The number of aryl methyl sites for hydroxylation is 2. The highest BCUT2D eigenvalue weighted by Gasteiger charge is 2.11. The zero-order valence-electron chi connectivity index (χ0n) is 11.3. The number of nitrogens with one attached hydrogen (secondary N) is 1. The molecule has 1 amide bonds. The van der Waals surface area contributed by atoms with Crippen LogP contribution in [0.1, 0.15) is 21.5 Å². The Kier molecular flexibility index (Phi) is 2.95. The molecule has 2 heterocycles. The summed E-state index contributed by atoms with van der Waals surface area (Å²) in [6.07, 6.45) is 1.87. The Bertz CT molecular complexity index is 791. The van der Waals surface area contributed by atoms with Gasteiger partial charge in [0.1, 0.15) is 0 Å². The van der Waals surface area contributed by atoms with Gasteiger partial charge in [-0.15, -0.1) is 5.10 Å². The van der Waals surface area contributed by atoms with E-state index in [9.17, 15) is 4.79 Å². The molecule has 0 radical (unpaired) electrons. The average molecular weight is 266 g/mol. The van der Waals surface area contributed by atoms with Gasteiger partial charge in [-0.25, -0.2) is 4.52 Å². The lowest BCUT2D eigenvalue weighted by Gasteiger charge is -2.03. The fourth-order valence-corrected chi connectivity index (χ4v) is 2.04. The smallest absolute Gasteiger partial charge is 0.258 e. The van der Waals surface area contributed by atoms with Gasteiger partial charge in [-0.2, -0.15) is 4.98 Å². The second kappa shape index (κ2) is 4.77. The van der Waals surface area contributed by atoms with E-state index in [1.54, 1.807) is 10.6 Å². The number of fused-ring (bicyclic) bond motifs is 1. The summed E-state index contributed by atoms with van der Waals surface area (Å²) in [6.45, 7) is 3.88. The molecule has 0 atom stereocenters. The molecule has 20 heavy (non-hydrogen) atoms. The van der Waals surface area contributed by atoms with Crippen molar-refractivity contribution in [3.05, 3.63) is 59.3 Å². The molecule has 0 saturated carbocycles. The summed E-state index contributed by atoms with van der Waals surface area (Å²) >= 11 is 0. The third-order valence-corrected chi connectivity index (χ3v) is 3.09. The molecule has 3 aromatic rings. The molecule has 5 heteroatoms. The van der Waals surface area contributed by atoms with Gasteiger partial charge in [-0.3, -0.25) is 10.1 Å². The molecule has 0 bridgehead atoms. The molecule has 0 saturated heterocycles. The monoisotopic (exact) mass is 266 g/mol. The second-order valence-corrected chi connectivity index (χ2v) is 4.71. The Morgan fingerprint density at radius 1 is 1.15 bits per heavy atom. The van der Waals surface area contributed by atoms with E-state index in [2.05, 4.69) is 15.4 Å². The van der Waals surface area contributed by atoms with Crippen LogP contribution < -0.4 is 5.32 Å². The highest BCUT2D eigenvalue weighted by Crippen LogP contribution is 2.11. The minimum atomic E-state index is -0.198. The van der Waals surface area contributed by atoms with Gasteiger partial charge in [0, 0.05) is 11.8 Å². The van der Waals surface area contributed by atoms with Crippen molar-refractivity contribution in [1.29, 1.82) is 0 Å². The van der Waals surface area contributed by atoms with E-state index in [1.165, 1.54) is 0 Å². The Labute approximate surface area is 116 Å². The van der Waals surface area contributed by atoms with Gasteiger partial charge in [0.05, 0.1) is 0 Å². The van der Waals surface area contributed by atoms with Gasteiger partial charge in [-0.05, 0) is 37.1 Å². The van der Waals surface area contributed by atoms with Crippen LogP contribution in [-0.4, -0.2) is 20.5 Å². The van der Waals surface area contributed by atoms with Crippen molar-refractivity contribution in [2.24, 2.45) is 0 Å².